The van der Waals surface area contributed by atoms with E-state index in [0.29, 0.717) is 23.7 Å². The van der Waals surface area contributed by atoms with Crippen LogP contribution in [-0.2, 0) is 22.8 Å². The Balaban J connectivity index is 1.57. The second-order valence-electron chi connectivity index (χ2n) is 12.0. The van der Waals surface area contributed by atoms with Crippen molar-refractivity contribution in [2.45, 2.75) is 63.1 Å². The standard InChI is InChI=1S/C32H40N2O3SSi/c1-23(2)31-29-21-25-20-24(30(38(5,35)36)22-28(25)34(29)19-18-33-31)16-17-32(3,4)39(37,26-12-8-6-9-13-26)27-14-10-7-11-15-27/h6-15,20-23,31,33,37H,16-19H2,1-5H3. The van der Waals surface area contributed by atoms with Crippen molar-refractivity contribution < 1.29 is 13.2 Å². The van der Waals surface area contributed by atoms with E-state index in [2.05, 4.69) is 49.7 Å². The van der Waals surface area contributed by atoms with Gasteiger partial charge in [0.15, 0.2) is 9.84 Å². The minimum atomic E-state index is -3.45. The molecule has 0 saturated heterocycles. The van der Waals surface area contributed by atoms with Crippen molar-refractivity contribution in [3.63, 3.8) is 0 Å². The molecule has 0 spiro atoms. The van der Waals surface area contributed by atoms with Gasteiger partial charge in [0, 0.05) is 42.0 Å². The molecule has 5 nitrogen and oxygen atoms in total. The fourth-order valence-corrected chi connectivity index (χ4v) is 11.1. The Bertz CT molecular complexity index is 1540. The Morgan fingerprint density at radius 1 is 1.00 bits per heavy atom. The smallest absolute Gasteiger partial charge is 0.258 e. The molecule has 1 aliphatic heterocycles. The molecule has 39 heavy (non-hydrogen) atoms. The van der Waals surface area contributed by atoms with Crippen LogP contribution in [0.1, 0.15) is 51.4 Å². The van der Waals surface area contributed by atoms with Crippen molar-refractivity contribution in [3.8, 4) is 0 Å². The molecule has 0 radical (unpaired) electrons. The normalized spacial score (nSPS) is 16.5. The topological polar surface area (TPSA) is 71.3 Å². The first-order valence-corrected chi connectivity index (χ1v) is 17.7. The number of benzene rings is 3. The highest BCUT2D eigenvalue weighted by atomic mass is 32.2. The van der Waals surface area contributed by atoms with Gasteiger partial charge in [-0.3, -0.25) is 0 Å². The zero-order valence-electron chi connectivity index (χ0n) is 23.6. The number of aryl methyl sites for hydroxylation is 1. The first-order valence-electron chi connectivity index (χ1n) is 13.9. The Labute approximate surface area is 233 Å². The first-order chi connectivity index (χ1) is 18.4. The van der Waals surface area contributed by atoms with Crippen LogP contribution in [-0.4, -0.2) is 38.9 Å². The molecule has 5 rings (SSSR count). The summed E-state index contributed by atoms with van der Waals surface area (Å²) >= 11 is 0. The summed E-state index contributed by atoms with van der Waals surface area (Å²) in [6.45, 7) is 10.4. The number of aromatic nitrogens is 1. The second kappa shape index (κ2) is 10.4. The predicted molar refractivity (Wildman–Crippen MR) is 163 cm³/mol. The third kappa shape index (κ3) is 5.02. The highest BCUT2D eigenvalue weighted by molar-refractivity contribution is 7.90. The van der Waals surface area contributed by atoms with Gasteiger partial charge in [0.05, 0.1) is 4.90 Å². The molecule has 0 bridgehead atoms. The Hall–Kier alpha value is -2.71. The summed E-state index contributed by atoms with van der Waals surface area (Å²) in [4.78, 5) is 13.0. The van der Waals surface area contributed by atoms with E-state index in [4.69, 9.17) is 0 Å². The van der Waals surface area contributed by atoms with Crippen molar-refractivity contribution in [1.29, 1.82) is 0 Å². The van der Waals surface area contributed by atoms with E-state index in [9.17, 15) is 13.2 Å². The zero-order valence-corrected chi connectivity index (χ0v) is 25.4. The van der Waals surface area contributed by atoms with E-state index in [1.54, 1.807) is 0 Å². The predicted octanol–water partition coefficient (Wildman–Crippen LogP) is 4.81. The summed E-state index contributed by atoms with van der Waals surface area (Å²) in [7, 11) is -6.64. The van der Waals surface area contributed by atoms with Crippen LogP contribution < -0.4 is 15.7 Å². The third-order valence-electron chi connectivity index (χ3n) is 8.58. The molecule has 7 heteroatoms. The highest BCUT2D eigenvalue weighted by Crippen LogP contribution is 2.41. The highest BCUT2D eigenvalue weighted by Gasteiger charge is 2.49. The van der Waals surface area contributed by atoms with Crippen LogP contribution in [0.25, 0.3) is 10.9 Å². The van der Waals surface area contributed by atoms with Crippen LogP contribution in [0.15, 0.2) is 83.8 Å². The van der Waals surface area contributed by atoms with Gasteiger partial charge in [0.2, 0.25) is 0 Å². The molecule has 206 valence electrons. The van der Waals surface area contributed by atoms with E-state index < -0.39 is 23.2 Å². The average Bonchev–Trinajstić information content (AvgIpc) is 3.29. The van der Waals surface area contributed by atoms with E-state index in [1.807, 2.05) is 66.7 Å². The van der Waals surface area contributed by atoms with E-state index in [-0.39, 0.29) is 6.04 Å². The van der Waals surface area contributed by atoms with Gasteiger partial charge in [-0.1, -0.05) is 88.4 Å². The molecular formula is C32H40N2O3SSi. The van der Waals surface area contributed by atoms with Crippen LogP contribution in [0.2, 0.25) is 5.04 Å². The number of sulfone groups is 1. The van der Waals surface area contributed by atoms with Crippen LogP contribution in [0.5, 0.6) is 0 Å². The van der Waals surface area contributed by atoms with Gasteiger partial charge in [0.25, 0.3) is 8.32 Å². The molecule has 2 N–H and O–H groups in total. The lowest BCUT2D eigenvalue weighted by Gasteiger charge is -2.41. The summed E-state index contributed by atoms with van der Waals surface area (Å²) < 4.78 is 28.4. The van der Waals surface area contributed by atoms with Crippen molar-refractivity contribution in [1.82, 2.24) is 9.88 Å². The number of fused-ring (bicyclic) bond motifs is 3. The maximum Gasteiger partial charge on any atom is 0.258 e. The average molecular weight is 561 g/mol. The van der Waals surface area contributed by atoms with Crippen molar-refractivity contribution >= 4 is 39.4 Å². The van der Waals surface area contributed by atoms with Crippen LogP contribution in [0.3, 0.4) is 0 Å². The fraction of sp³-hybridized carbons (Fsp3) is 0.375. The minimum absolute atomic E-state index is 0.243. The van der Waals surface area contributed by atoms with Crippen molar-refractivity contribution in [2.24, 2.45) is 5.92 Å². The van der Waals surface area contributed by atoms with Gasteiger partial charge >= 0.3 is 0 Å². The maximum atomic E-state index is 13.1. The van der Waals surface area contributed by atoms with Gasteiger partial charge in [0.1, 0.15) is 0 Å². The maximum absolute atomic E-state index is 13.1. The molecule has 2 heterocycles. The van der Waals surface area contributed by atoms with Crippen LogP contribution >= 0.6 is 0 Å². The van der Waals surface area contributed by atoms with Crippen molar-refractivity contribution in [2.75, 3.05) is 12.8 Å². The summed E-state index contributed by atoms with van der Waals surface area (Å²) in [5, 5.41) is 6.17. The lowest BCUT2D eigenvalue weighted by molar-refractivity contribution is 0.351. The largest absolute Gasteiger partial charge is 0.424 e. The van der Waals surface area contributed by atoms with Gasteiger partial charge in [-0.2, -0.15) is 0 Å². The number of nitrogens with one attached hydrogen (secondary N) is 1. The Morgan fingerprint density at radius 3 is 2.13 bits per heavy atom. The quantitative estimate of drug-likeness (QED) is 0.304. The van der Waals surface area contributed by atoms with Crippen LogP contribution in [0.4, 0.5) is 0 Å². The molecule has 1 aliphatic rings. The monoisotopic (exact) mass is 560 g/mol. The van der Waals surface area contributed by atoms with E-state index >= 15 is 0 Å². The zero-order chi connectivity index (χ0) is 28.0. The van der Waals surface area contributed by atoms with Gasteiger partial charge in [-0.25, -0.2) is 8.42 Å². The molecule has 3 aromatic carbocycles. The third-order valence-corrected chi connectivity index (χ3v) is 14.3. The molecule has 0 amide bonds. The summed E-state index contributed by atoms with van der Waals surface area (Å²) in [5.74, 6) is 0.432. The number of hydrogen-bond acceptors (Lipinski definition) is 4. The fourth-order valence-electron chi connectivity index (χ4n) is 6.36. The lowest BCUT2D eigenvalue weighted by atomic mass is 9.99. The van der Waals surface area contributed by atoms with Crippen molar-refractivity contribution in [3.05, 3.63) is 90.1 Å². The second-order valence-corrected chi connectivity index (χ2v) is 17.9. The summed E-state index contributed by atoms with van der Waals surface area (Å²) in [5.41, 5.74) is 3.03. The summed E-state index contributed by atoms with van der Waals surface area (Å²) in [6.07, 6.45) is 2.52. The molecule has 1 atom stereocenters. The van der Waals surface area contributed by atoms with Crippen LogP contribution in [0, 0.1) is 5.92 Å². The van der Waals surface area contributed by atoms with Gasteiger partial charge < -0.3 is 14.7 Å². The van der Waals surface area contributed by atoms with E-state index in [0.717, 1.165) is 39.9 Å². The molecular weight excluding hydrogens is 521 g/mol. The first kappa shape index (κ1) is 27.8. The van der Waals surface area contributed by atoms with Gasteiger partial charge in [-0.15, -0.1) is 0 Å². The minimum Gasteiger partial charge on any atom is -0.424 e. The molecule has 0 fully saturated rings. The number of nitrogens with zero attached hydrogens (tertiary/aromatic N) is 1. The summed E-state index contributed by atoms with van der Waals surface area (Å²) in [6, 6.07) is 26.4. The SMILES string of the molecule is CC(C)C1NCCn2c1cc1cc(CCC(C)(C)[Si](O)(c3ccccc3)c3ccccc3)c(S(C)(=O)=O)cc12. The molecule has 0 aliphatic carbocycles. The molecule has 1 aromatic heterocycles. The van der Waals surface area contributed by atoms with E-state index in [1.165, 1.54) is 11.9 Å². The Morgan fingerprint density at radius 2 is 1.59 bits per heavy atom. The molecule has 4 aromatic rings. The number of rotatable bonds is 8. The number of hydrogen-bond donors (Lipinski definition) is 2. The van der Waals surface area contributed by atoms with Gasteiger partial charge in [-0.05, 0) is 57.9 Å². The lowest BCUT2D eigenvalue weighted by Crippen LogP contribution is -2.65. The molecule has 1 unspecified atom stereocenters. The molecule has 0 saturated carbocycles. The Kier molecular flexibility index (Phi) is 7.39.